The van der Waals surface area contributed by atoms with Crippen molar-refractivity contribution in [2.45, 2.75) is 12.8 Å². The number of halogens is 3. The SMILES string of the molecule is N#Cc1ccccc1CON=Cc1cccc(C(F)(F)F)c1. The molecule has 2 aromatic rings. The Labute approximate surface area is 125 Å². The molecule has 22 heavy (non-hydrogen) atoms. The molecule has 0 unspecified atom stereocenters. The summed E-state index contributed by atoms with van der Waals surface area (Å²) < 4.78 is 37.7. The Balaban J connectivity index is 2.00. The molecule has 0 heterocycles. The lowest BCUT2D eigenvalue weighted by Crippen LogP contribution is -2.05. The van der Waals surface area contributed by atoms with E-state index in [1.807, 2.05) is 6.07 Å². The predicted molar refractivity (Wildman–Crippen MR) is 75.0 cm³/mol. The topological polar surface area (TPSA) is 45.4 Å². The van der Waals surface area contributed by atoms with Gasteiger partial charge in [-0.3, -0.25) is 0 Å². The number of hydrogen-bond donors (Lipinski definition) is 0. The molecule has 0 radical (unpaired) electrons. The van der Waals surface area contributed by atoms with Crippen LogP contribution in [0.15, 0.2) is 53.7 Å². The van der Waals surface area contributed by atoms with Crippen molar-refractivity contribution in [2.75, 3.05) is 0 Å². The van der Waals surface area contributed by atoms with Crippen molar-refractivity contribution >= 4 is 6.21 Å². The maximum Gasteiger partial charge on any atom is 0.416 e. The van der Waals surface area contributed by atoms with Crippen molar-refractivity contribution in [3.63, 3.8) is 0 Å². The summed E-state index contributed by atoms with van der Waals surface area (Å²) >= 11 is 0. The van der Waals surface area contributed by atoms with E-state index in [0.717, 1.165) is 12.1 Å². The molecule has 0 atom stereocenters. The van der Waals surface area contributed by atoms with E-state index in [4.69, 9.17) is 10.1 Å². The van der Waals surface area contributed by atoms with Crippen LogP contribution in [0.25, 0.3) is 0 Å². The molecular weight excluding hydrogens is 293 g/mol. The smallest absolute Gasteiger partial charge is 0.391 e. The van der Waals surface area contributed by atoms with Crippen LogP contribution in [0.2, 0.25) is 0 Å². The van der Waals surface area contributed by atoms with Crippen LogP contribution >= 0.6 is 0 Å². The maximum absolute atomic E-state index is 12.6. The second kappa shape index (κ2) is 6.76. The summed E-state index contributed by atoms with van der Waals surface area (Å²) in [6.07, 6.45) is -3.19. The minimum absolute atomic E-state index is 0.0686. The number of nitrogens with zero attached hydrogens (tertiary/aromatic N) is 2. The average molecular weight is 304 g/mol. The zero-order chi connectivity index (χ0) is 16.0. The minimum Gasteiger partial charge on any atom is -0.391 e. The average Bonchev–Trinajstić information content (AvgIpc) is 2.51. The highest BCUT2D eigenvalue weighted by molar-refractivity contribution is 5.79. The second-order valence-electron chi connectivity index (χ2n) is 4.40. The third-order valence-corrected chi connectivity index (χ3v) is 2.85. The molecular formula is C16H11F3N2O. The van der Waals surface area contributed by atoms with Crippen LogP contribution < -0.4 is 0 Å². The van der Waals surface area contributed by atoms with Crippen LogP contribution in [0, 0.1) is 11.3 Å². The fourth-order valence-corrected chi connectivity index (χ4v) is 1.76. The van der Waals surface area contributed by atoms with Crippen molar-refractivity contribution in [3.8, 4) is 6.07 Å². The van der Waals surface area contributed by atoms with Gasteiger partial charge in [0.2, 0.25) is 0 Å². The number of benzene rings is 2. The van der Waals surface area contributed by atoms with Crippen molar-refractivity contribution in [2.24, 2.45) is 5.16 Å². The highest BCUT2D eigenvalue weighted by Gasteiger charge is 2.30. The molecule has 0 N–H and O–H groups in total. The van der Waals surface area contributed by atoms with Crippen molar-refractivity contribution in [1.82, 2.24) is 0 Å². The normalized spacial score (nSPS) is 11.4. The van der Waals surface area contributed by atoms with Gasteiger partial charge < -0.3 is 4.84 Å². The molecule has 0 aromatic heterocycles. The van der Waals surface area contributed by atoms with E-state index in [1.54, 1.807) is 24.3 Å². The minimum atomic E-state index is -4.39. The van der Waals surface area contributed by atoms with Gasteiger partial charge in [0, 0.05) is 5.56 Å². The molecule has 2 rings (SSSR count). The number of nitriles is 1. The van der Waals surface area contributed by atoms with E-state index in [0.29, 0.717) is 11.1 Å². The molecule has 2 aromatic carbocycles. The van der Waals surface area contributed by atoms with Gasteiger partial charge in [0.05, 0.1) is 23.4 Å². The lowest BCUT2D eigenvalue weighted by Gasteiger charge is -2.06. The zero-order valence-corrected chi connectivity index (χ0v) is 11.3. The first-order valence-corrected chi connectivity index (χ1v) is 6.31. The number of oxime groups is 1. The third-order valence-electron chi connectivity index (χ3n) is 2.85. The highest BCUT2D eigenvalue weighted by atomic mass is 19.4. The Morgan fingerprint density at radius 3 is 2.64 bits per heavy atom. The Morgan fingerprint density at radius 1 is 1.14 bits per heavy atom. The summed E-state index contributed by atoms with van der Waals surface area (Å²) in [6, 6.07) is 13.6. The van der Waals surface area contributed by atoms with Crippen LogP contribution in [0.1, 0.15) is 22.3 Å². The summed E-state index contributed by atoms with van der Waals surface area (Å²) in [4.78, 5) is 5.03. The largest absolute Gasteiger partial charge is 0.416 e. The van der Waals surface area contributed by atoms with E-state index >= 15 is 0 Å². The molecule has 0 spiro atoms. The van der Waals surface area contributed by atoms with Gasteiger partial charge in [0.25, 0.3) is 0 Å². The van der Waals surface area contributed by atoms with Gasteiger partial charge >= 0.3 is 6.18 Å². The summed E-state index contributed by atoms with van der Waals surface area (Å²) in [5.74, 6) is 0. The molecule has 0 amide bonds. The predicted octanol–water partition coefficient (Wildman–Crippen LogP) is 4.13. The molecule has 0 saturated carbocycles. The van der Waals surface area contributed by atoms with Crippen LogP contribution in [0.4, 0.5) is 13.2 Å². The first kappa shape index (κ1) is 15.6. The van der Waals surface area contributed by atoms with Crippen LogP contribution in [-0.4, -0.2) is 6.21 Å². The Kier molecular flexibility index (Phi) is 4.79. The van der Waals surface area contributed by atoms with Gasteiger partial charge in [0.15, 0.2) is 0 Å². The zero-order valence-electron chi connectivity index (χ0n) is 11.3. The molecule has 0 bridgehead atoms. The fourth-order valence-electron chi connectivity index (χ4n) is 1.76. The van der Waals surface area contributed by atoms with E-state index in [1.165, 1.54) is 18.3 Å². The molecule has 0 saturated heterocycles. The number of hydrogen-bond acceptors (Lipinski definition) is 3. The first-order chi connectivity index (χ1) is 10.5. The van der Waals surface area contributed by atoms with Gasteiger partial charge in [-0.15, -0.1) is 0 Å². The lowest BCUT2D eigenvalue weighted by atomic mass is 10.1. The van der Waals surface area contributed by atoms with Gasteiger partial charge in [0.1, 0.15) is 6.61 Å². The Hall–Kier alpha value is -2.81. The molecule has 0 aliphatic rings. The monoisotopic (exact) mass is 304 g/mol. The van der Waals surface area contributed by atoms with Gasteiger partial charge in [-0.05, 0) is 23.8 Å². The van der Waals surface area contributed by atoms with Gasteiger partial charge in [-0.1, -0.05) is 35.5 Å². The molecule has 0 aliphatic heterocycles. The van der Waals surface area contributed by atoms with Crippen LogP contribution in [0.3, 0.4) is 0 Å². The first-order valence-electron chi connectivity index (χ1n) is 6.31. The Morgan fingerprint density at radius 2 is 1.91 bits per heavy atom. The van der Waals surface area contributed by atoms with Gasteiger partial charge in [-0.2, -0.15) is 18.4 Å². The van der Waals surface area contributed by atoms with Crippen molar-refractivity contribution < 1.29 is 18.0 Å². The molecule has 0 aliphatic carbocycles. The summed E-state index contributed by atoms with van der Waals surface area (Å²) in [6.45, 7) is 0.0686. The summed E-state index contributed by atoms with van der Waals surface area (Å²) in [5, 5.41) is 12.5. The van der Waals surface area contributed by atoms with Crippen molar-refractivity contribution in [1.29, 1.82) is 5.26 Å². The van der Waals surface area contributed by atoms with Crippen molar-refractivity contribution in [3.05, 3.63) is 70.8 Å². The maximum atomic E-state index is 12.6. The lowest BCUT2D eigenvalue weighted by molar-refractivity contribution is -0.137. The number of alkyl halides is 3. The van der Waals surface area contributed by atoms with E-state index in [2.05, 4.69) is 5.16 Å². The van der Waals surface area contributed by atoms with Crippen LogP contribution in [-0.2, 0) is 17.6 Å². The highest BCUT2D eigenvalue weighted by Crippen LogP contribution is 2.29. The van der Waals surface area contributed by atoms with E-state index in [-0.39, 0.29) is 12.2 Å². The number of rotatable bonds is 4. The molecule has 0 fully saturated rings. The Bertz CT molecular complexity index is 718. The van der Waals surface area contributed by atoms with Crippen LogP contribution in [0.5, 0.6) is 0 Å². The summed E-state index contributed by atoms with van der Waals surface area (Å²) in [7, 11) is 0. The second-order valence-corrected chi connectivity index (χ2v) is 4.40. The van der Waals surface area contributed by atoms with Gasteiger partial charge in [-0.25, -0.2) is 0 Å². The summed E-state index contributed by atoms with van der Waals surface area (Å²) in [5.41, 5.74) is 0.664. The van der Waals surface area contributed by atoms with E-state index in [9.17, 15) is 13.2 Å². The fraction of sp³-hybridized carbons (Fsp3) is 0.125. The molecule has 6 heteroatoms. The standard InChI is InChI=1S/C16H11F3N2O/c17-16(18,19)15-7-3-4-12(8-15)10-21-22-11-14-6-2-1-5-13(14)9-20/h1-8,10H,11H2. The molecule has 3 nitrogen and oxygen atoms in total. The quantitative estimate of drug-likeness (QED) is 0.630. The third kappa shape index (κ3) is 4.09. The molecule has 112 valence electrons. The van der Waals surface area contributed by atoms with E-state index < -0.39 is 11.7 Å².